The van der Waals surface area contributed by atoms with Crippen molar-refractivity contribution in [2.75, 3.05) is 7.11 Å². The van der Waals surface area contributed by atoms with Crippen LogP contribution in [0.5, 0.6) is 5.75 Å². The minimum atomic E-state index is 0.800. The van der Waals surface area contributed by atoms with E-state index in [-0.39, 0.29) is 0 Å². The van der Waals surface area contributed by atoms with Gasteiger partial charge in [-0.3, -0.25) is 4.98 Å². The van der Waals surface area contributed by atoms with Crippen LogP contribution in [0.4, 0.5) is 5.69 Å². The summed E-state index contributed by atoms with van der Waals surface area (Å²) in [6.45, 7) is 0. The third kappa shape index (κ3) is 4.05. The van der Waals surface area contributed by atoms with E-state index in [4.69, 9.17) is 9.73 Å². The molecule has 27 heavy (non-hydrogen) atoms. The fourth-order valence-corrected chi connectivity index (χ4v) is 4.07. The summed E-state index contributed by atoms with van der Waals surface area (Å²) in [6.07, 6.45) is 5.32. The van der Waals surface area contributed by atoms with Crippen LogP contribution in [0.15, 0.2) is 81.8 Å². The molecule has 0 fully saturated rings. The number of nitrogens with zero attached hydrogens (tertiary/aromatic N) is 4. The van der Waals surface area contributed by atoms with Crippen molar-refractivity contribution < 1.29 is 4.74 Å². The predicted molar refractivity (Wildman–Crippen MR) is 111 cm³/mol. The molecule has 4 rings (SSSR count). The Kier molecular flexibility index (Phi) is 5.22. The van der Waals surface area contributed by atoms with Crippen LogP contribution in [0, 0.1) is 0 Å². The molecule has 3 heterocycles. The molecule has 1 aromatic carbocycles. The first-order valence-electron chi connectivity index (χ1n) is 8.21. The fraction of sp³-hybridized carbons (Fsp3) is 0.0500. The SMILES string of the molecule is COc1ccc(N=c2scc(-c3cccs3)n2N=Cc2ccncc2)cc1. The molecular weight excluding hydrogens is 376 g/mol. The summed E-state index contributed by atoms with van der Waals surface area (Å²) in [5.74, 6) is 0.808. The summed E-state index contributed by atoms with van der Waals surface area (Å²) >= 11 is 3.24. The number of thiophene rings is 1. The molecule has 0 spiro atoms. The lowest BCUT2D eigenvalue weighted by atomic mass is 10.3. The molecule has 0 unspecified atom stereocenters. The van der Waals surface area contributed by atoms with Gasteiger partial charge in [0.05, 0.1) is 29.6 Å². The Morgan fingerprint density at radius 2 is 1.85 bits per heavy atom. The highest BCUT2D eigenvalue weighted by Gasteiger charge is 2.08. The number of benzene rings is 1. The van der Waals surface area contributed by atoms with Crippen LogP contribution in [0.1, 0.15) is 5.56 Å². The van der Waals surface area contributed by atoms with Gasteiger partial charge in [-0.05, 0) is 53.4 Å². The number of thiazole rings is 1. The number of rotatable bonds is 5. The Bertz CT molecular complexity index is 1100. The number of methoxy groups -OCH3 is 1. The first kappa shape index (κ1) is 17.4. The quantitative estimate of drug-likeness (QED) is 0.458. The smallest absolute Gasteiger partial charge is 0.211 e. The predicted octanol–water partition coefficient (Wildman–Crippen LogP) is 4.80. The highest BCUT2D eigenvalue weighted by Crippen LogP contribution is 2.25. The zero-order valence-corrected chi connectivity index (χ0v) is 16.2. The molecular formula is C20H16N4OS2. The standard InChI is InChI=1S/C20H16N4OS2/c1-25-17-6-4-16(5-7-17)23-20-24(22-13-15-8-10-21-11-9-15)18(14-27-20)19-3-2-12-26-19/h2-14H,1H3. The van der Waals surface area contributed by atoms with Crippen molar-refractivity contribution in [2.45, 2.75) is 0 Å². The number of pyridine rings is 1. The molecule has 0 aliphatic heterocycles. The van der Waals surface area contributed by atoms with Crippen LogP contribution in [0.25, 0.3) is 10.6 Å². The van der Waals surface area contributed by atoms with E-state index in [0.29, 0.717) is 0 Å². The van der Waals surface area contributed by atoms with E-state index in [0.717, 1.165) is 32.4 Å². The Labute approximate surface area is 164 Å². The summed E-state index contributed by atoms with van der Waals surface area (Å²) in [7, 11) is 1.65. The molecule has 0 radical (unpaired) electrons. The van der Waals surface area contributed by atoms with E-state index in [2.05, 4.69) is 26.9 Å². The number of hydrogen-bond donors (Lipinski definition) is 0. The Morgan fingerprint density at radius 3 is 2.56 bits per heavy atom. The van der Waals surface area contributed by atoms with Gasteiger partial charge in [0.2, 0.25) is 4.80 Å². The molecule has 0 atom stereocenters. The summed E-state index contributed by atoms with van der Waals surface area (Å²) in [5, 5.41) is 8.83. The van der Waals surface area contributed by atoms with E-state index in [1.165, 1.54) is 0 Å². The summed E-state index contributed by atoms with van der Waals surface area (Å²) in [4.78, 5) is 10.8. The van der Waals surface area contributed by atoms with Crippen LogP contribution in [-0.2, 0) is 0 Å². The highest BCUT2D eigenvalue weighted by molar-refractivity contribution is 7.14. The fourth-order valence-electron chi connectivity index (χ4n) is 2.42. The van der Waals surface area contributed by atoms with Gasteiger partial charge in [-0.1, -0.05) is 6.07 Å². The van der Waals surface area contributed by atoms with Gasteiger partial charge in [0, 0.05) is 17.8 Å². The van der Waals surface area contributed by atoms with Gasteiger partial charge in [-0.2, -0.15) is 5.10 Å². The maximum Gasteiger partial charge on any atom is 0.211 e. The molecule has 5 nitrogen and oxygen atoms in total. The number of aromatic nitrogens is 2. The second-order valence-electron chi connectivity index (χ2n) is 5.53. The van der Waals surface area contributed by atoms with Gasteiger partial charge in [-0.15, -0.1) is 22.7 Å². The second kappa shape index (κ2) is 8.11. The Morgan fingerprint density at radius 1 is 1.04 bits per heavy atom. The topological polar surface area (TPSA) is 51.8 Å². The van der Waals surface area contributed by atoms with Gasteiger partial charge in [-0.25, -0.2) is 9.67 Å². The molecule has 0 saturated heterocycles. The molecule has 0 amide bonds. The summed E-state index contributed by atoms with van der Waals surface area (Å²) in [6, 6.07) is 15.6. The monoisotopic (exact) mass is 392 g/mol. The lowest BCUT2D eigenvalue weighted by molar-refractivity contribution is 0.415. The van der Waals surface area contributed by atoms with Crippen molar-refractivity contribution in [3.05, 3.63) is 82.0 Å². The van der Waals surface area contributed by atoms with Gasteiger partial charge >= 0.3 is 0 Å². The van der Waals surface area contributed by atoms with Crippen LogP contribution in [0.3, 0.4) is 0 Å². The normalized spacial score (nSPS) is 12.0. The zero-order chi connectivity index (χ0) is 18.5. The third-order valence-corrected chi connectivity index (χ3v) is 5.49. The lowest BCUT2D eigenvalue weighted by Gasteiger charge is -2.02. The lowest BCUT2D eigenvalue weighted by Crippen LogP contribution is -2.11. The minimum absolute atomic E-state index is 0.800. The van der Waals surface area contributed by atoms with Gasteiger partial charge in [0.1, 0.15) is 5.75 Å². The van der Waals surface area contributed by atoms with Gasteiger partial charge in [0.25, 0.3) is 0 Å². The maximum absolute atomic E-state index is 5.21. The van der Waals surface area contributed by atoms with Crippen molar-refractivity contribution in [3.63, 3.8) is 0 Å². The second-order valence-corrected chi connectivity index (χ2v) is 7.31. The Hall–Kier alpha value is -3.03. The average molecular weight is 393 g/mol. The molecule has 3 aromatic heterocycles. The molecule has 7 heteroatoms. The molecule has 0 aliphatic carbocycles. The molecule has 4 aromatic rings. The summed E-state index contributed by atoms with van der Waals surface area (Å²) < 4.78 is 7.09. The van der Waals surface area contributed by atoms with Gasteiger partial charge in [0.15, 0.2) is 0 Å². The van der Waals surface area contributed by atoms with E-state index in [9.17, 15) is 0 Å². The van der Waals surface area contributed by atoms with Crippen LogP contribution in [0.2, 0.25) is 0 Å². The molecule has 0 bridgehead atoms. The summed E-state index contributed by atoms with van der Waals surface area (Å²) in [5.41, 5.74) is 2.85. The first-order valence-corrected chi connectivity index (χ1v) is 9.97. The largest absolute Gasteiger partial charge is 0.497 e. The Balaban J connectivity index is 1.79. The number of hydrogen-bond acceptors (Lipinski definition) is 6. The van der Waals surface area contributed by atoms with Crippen molar-refractivity contribution >= 4 is 34.6 Å². The van der Waals surface area contributed by atoms with Crippen molar-refractivity contribution in [3.8, 4) is 16.3 Å². The molecule has 0 aliphatic rings. The van der Waals surface area contributed by atoms with Gasteiger partial charge < -0.3 is 4.74 Å². The molecule has 0 saturated carbocycles. The van der Waals surface area contributed by atoms with E-state index in [1.54, 1.807) is 42.2 Å². The number of ether oxygens (including phenoxy) is 1. The average Bonchev–Trinajstić information content (AvgIpc) is 3.38. The zero-order valence-electron chi connectivity index (χ0n) is 14.5. The van der Waals surface area contributed by atoms with E-state index >= 15 is 0 Å². The highest BCUT2D eigenvalue weighted by atomic mass is 32.1. The minimum Gasteiger partial charge on any atom is -0.497 e. The molecule has 134 valence electrons. The van der Waals surface area contributed by atoms with Crippen LogP contribution >= 0.6 is 22.7 Å². The molecule has 0 N–H and O–H groups in total. The van der Waals surface area contributed by atoms with Crippen LogP contribution < -0.4 is 9.54 Å². The van der Waals surface area contributed by atoms with E-state index < -0.39 is 0 Å². The third-order valence-electron chi connectivity index (χ3n) is 3.78. The van der Waals surface area contributed by atoms with Crippen molar-refractivity contribution in [1.29, 1.82) is 0 Å². The van der Waals surface area contributed by atoms with Crippen molar-refractivity contribution in [2.24, 2.45) is 10.1 Å². The van der Waals surface area contributed by atoms with E-state index in [1.807, 2.05) is 53.4 Å². The van der Waals surface area contributed by atoms with Crippen molar-refractivity contribution in [1.82, 2.24) is 9.66 Å². The maximum atomic E-state index is 5.21. The van der Waals surface area contributed by atoms with Crippen LogP contribution in [-0.4, -0.2) is 23.0 Å². The first-order chi connectivity index (χ1) is 13.3.